The quantitative estimate of drug-likeness (QED) is 0.794. The lowest BCUT2D eigenvalue weighted by molar-refractivity contribution is 0.0398. The van der Waals surface area contributed by atoms with Crippen LogP contribution in [0.5, 0.6) is 0 Å². The maximum Gasteiger partial charge on any atom is 0.128 e. The minimum Gasteiger partial charge on any atom is -0.379 e. The summed E-state index contributed by atoms with van der Waals surface area (Å²) in [4.78, 5) is 6.81. The number of hydrogen-bond donors (Lipinski definition) is 2. The number of pyridine rings is 1. The molecule has 0 bridgehead atoms. The third-order valence-electron chi connectivity index (χ3n) is 2.84. The van der Waals surface area contributed by atoms with E-state index in [-0.39, 0.29) is 0 Å². The van der Waals surface area contributed by atoms with Crippen molar-refractivity contribution in [3.63, 3.8) is 0 Å². The predicted octanol–water partition coefficient (Wildman–Crippen LogP) is 0.867. The van der Waals surface area contributed by atoms with Gasteiger partial charge in [-0.1, -0.05) is 6.07 Å². The minimum atomic E-state index is 0.855. The smallest absolute Gasteiger partial charge is 0.128 e. The molecule has 94 valence electrons. The first-order valence-corrected chi connectivity index (χ1v) is 6.07. The van der Waals surface area contributed by atoms with Crippen LogP contribution in [0.25, 0.3) is 0 Å². The molecule has 1 saturated heterocycles. The molecule has 0 radical (unpaired) electrons. The van der Waals surface area contributed by atoms with Crippen molar-refractivity contribution in [2.24, 2.45) is 0 Å². The Bertz CT molecular complexity index is 339. The van der Waals surface area contributed by atoms with Crippen molar-refractivity contribution in [3.8, 4) is 0 Å². The minimum absolute atomic E-state index is 0.855. The summed E-state index contributed by atoms with van der Waals surface area (Å²) < 4.78 is 5.31. The van der Waals surface area contributed by atoms with Gasteiger partial charge in [0.2, 0.25) is 0 Å². The van der Waals surface area contributed by atoms with Gasteiger partial charge in [-0.05, 0) is 12.1 Å². The highest BCUT2D eigenvalue weighted by Gasteiger charge is 2.09. The number of hydrogen-bond acceptors (Lipinski definition) is 5. The molecule has 1 fully saturated rings. The highest BCUT2D eigenvalue weighted by atomic mass is 16.5. The van der Waals surface area contributed by atoms with E-state index in [2.05, 4.69) is 20.5 Å². The molecule has 2 heterocycles. The topological polar surface area (TPSA) is 49.4 Å². The van der Waals surface area contributed by atoms with Gasteiger partial charge in [0.1, 0.15) is 11.6 Å². The fraction of sp³-hybridized carbons (Fsp3) is 0.583. The first kappa shape index (κ1) is 12.1. The van der Waals surface area contributed by atoms with E-state index in [1.165, 1.54) is 0 Å². The van der Waals surface area contributed by atoms with E-state index in [1.807, 2.05) is 25.2 Å². The molecule has 17 heavy (non-hydrogen) atoms. The van der Waals surface area contributed by atoms with E-state index in [0.717, 1.165) is 51.0 Å². The fourth-order valence-corrected chi connectivity index (χ4v) is 1.84. The molecule has 0 aliphatic carbocycles. The molecular weight excluding hydrogens is 216 g/mol. The Kier molecular flexibility index (Phi) is 4.58. The Morgan fingerprint density at radius 3 is 2.82 bits per heavy atom. The monoisotopic (exact) mass is 236 g/mol. The Morgan fingerprint density at radius 2 is 2.06 bits per heavy atom. The van der Waals surface area contributed by atoms with Crippen molar-refractivity contribution in [1.82, 2.24) is 9.88 Å². The van der Waals surface area contributed by atoms with E-state index in [9.17, 15) is 0 Å². The van der Waals surface area contributed by atoms with Crippen molar-refractivity contribution in [3.05, 3.63) is 18.2 Å². The van der Waals surface area contributed by atoms with Crippen LogP contribution in [0.2, 0.25) is 0 Å². The highest BCUT2D eigenvalue weighted by molar-refractivity contribution is 5.44. The summed E-state index contributed by atoms with van der Waals surface area (Å²) in [6.07, 6.45) is 0. The van der Waals surface area contributed by atoms with Crippen molar-refractivity contribution in [2.45, 2.75) is 0 Å². The average molecular weight is 236 g/mol. The van der Waals surface area contributed by atoms with Gasteiger partial charge < -0.3 is 15.4 Å². The summed E-state index contributed by atoms with van der Waals surface area (Å²) in [5, 5.41) is 6.36. The summed E-state index contributed by atoms with van der Waals surface area (Å²) in [5.74, 6) is 1.81. The van der Waals surface area contributed by atoms with Gasteiger partial charge in [-0.2, -0.15) is 0 Å². The molecule has 0 aromatic carbocycles. The zero-order valence-corrected chi connectivity index (χ0v) is 10.3. The largest absolute Gasteiger partial charge is 0.379 e. The number of nitrogens with zero attached hydrogens (tertiary/aromatic N) is 2. The first-order chi connectivity index (χ1) is 8.38. The number of rotatable bonds is 5. The molecule has 0 unspecified atom stereocenters. The van der Waals surface area contributed by atoms with E-state index in [4.69, 9.17) is 4.74 Å². The van der Waals surface area contributed by atoms with Gasteiger partial charge >= 0.3 is 0 Å². The molecule has 0 saturated carbocycles. The number of nitrogens with one attached hydrogen (secondary N) is 2. The van der Waals surface area contributed by atoms with Crippen LogP contribution in [0.3, 0.4) is 0 Å². The molecule has 0 spiro atoms. The molecular formula is C12H20N4O. The lowest BCUT2D eigenvalue weighted by Gasteiger charge is -2.26. The lowest BCUT2D eigenvalue weighted by Crippen LogP contribution is -2.39. The van der Waals surface area contributed by atoms with Crippen LogP contribution >= 0.6 is 0 Å². The Morgan fingerprint density at radius 1 is 1.29 bits per heavy atom. The maximum atomic E-state index is 5.31. The van der Waals surface area contributed by atoms with Crippen LogP contribution in [0.4, 0.5) is 11.6 Å². The van der Waals surface area contributed by atoms with Crippen molar-refractivity contribution < 1.29 is 4.74 Å². The van der Waals surface area contributed by atoms with E-state index in [1.54, 1.807) is 0 Å². The highest BCUT2D eigenvalue weighted by Crippen LogP contribution is 2.07. The lowest BCUT2D eigenvalue weighted by atomic mass is 10.4. The normalized spacial score (nSPS) is 16.8. The second-order valence-corrected chi connectivity index (χ2v) is 4.04. The second kappa shape index (κ2) is 6.42. The van der Waals surface area contributed by atoms with Crippen LogP contribution in [0.15, 0.2) is 18.2 Å². The number of ether oxygens (including phenoxy) is 1. The first-order valence-electron chi connectivity index (χ1n) is 6.07. The third kappa shape index (κ3) is 3.87. The third-order valence-corrected chi connectivity index (χ3v) is 2.84. The molecule has 2 N–H and O–H groups in total. The molecule has 1 aliphatic rings. The Hall–Kier alpha value is -1.33. The van der Waals surface area contributed by atoms with Crippen molar-refractivity contribution in [1.29, 1.82) is 0 Å². The van der Waals surface area contributed by atoms with E-state index >= 15 is 0 Å². The van der Waals surface area contributed by atoms with Gasteiger partial charge in [-0.25, -0.2) is 4.98 Å². The maximum absolute atomic E-state index is 5.31. The van der Waals surface area contributed by atoms with Crippen LogP contribution in [-0.2, 0) is 4.74 Å². The predicted molar refractivity (Wildman–Crippen MR) is 69.5 cm³/mol. The van der Waals surface area contributed by atoms with Crippen molar-refractivity contribution >= 4 is 11.6 Å². The molecule has 5 heteroatoms. The molecule has 1 aromatic rings. The summed E-state index contributed by atoms with van der Waals surface area (Å²) in [6.45, 7) is 5.73. The second-order valence-electron chi connectivity index (χ2n) is 4.04. The zero-order valence-electron chi connectivity index (χ0n) is 10.3. The number of anilines is 2. The SMILES string of the molecule is CNc1cccc(NCCN2CCOCC2)n1. The van der Waals surface area contributed by atoms with Gasteiger partial charge in [-0.3, -0.25) is 4.90 Å². The molecule has 2 rings (SSSR count). The Labute approximate surface area is 102 Å². The van der Waals surface area contributed by atoms with Gasteiger partial charge in [0.15, 0.2) is 0 Å². The van der Waals surface area contributed by atoms with Crippen LogP contribution in [0.1, 0.15) is 0 Å². The molecule has 1 aromatic heterocycles. The van der Waals surface area contributed by atoms with Crippen molar-refractivity contribution in [2.75, 3.05) is 57.1 Å². The fourth-order valence-electron chi connectivity index (χ4n) is 1.84. The standard InChI is InChI=1S/C12H20N4O/c1-13-11-3-2-4-12(15-11)14-5-6-16-7-9-17-10-8-16/h2-4H,5-10H2,1H3,(H2,13,14,15). The molecule has 5 nitrogen and oxygen atoms in total. The Balaban J connectivity index is 1.73. The summed E-state index contributed by atoms with van der Waals surface area (Å²) in [6, 6.07) is 5.93. The van der Waals surface area contributed by atoms with Crippen LogP contribution in [-0.4, -0.2) is 56.3 Å². The van der Waals surface area contributed by atoms with Gasteiger partial charge in [0.25, 0.3) is 0 Å². The summed E-state index contributed by atoms with van der Waals surface area (Å²) >= 11 is 0. The molecule has 1 aliphatic heterocycles. The number of morpholine rings is 1. The summed E-state index contributed by atoms with van der Waals surface area (Å²) in [5.41, 5.74) is 0. The number of aromatic nitrogens is 1. The van der Waals surface area contributed by atoms with Gasteiger partial charge in [0, 0.05) is 33.2 Å². The van der Waals surface area contributed by atoms with E-state index in [0.29, 0.717) is 0 Å². The molecule has 0 atom stereocenters. The summed E-state index contributed by atoms with van der Waals surface area (Å²) in [7, 11) is 1.87. The van der Waals surface area contributed by atoms with Gasteiger partial charge in [-0.15, -0.1) is 0 Å². The van der Waals surface area contributed by atoms with Crippen LogP contribution < -0.4 is 10.6 Å². The average Bonchev–Trinajstić information content (AvgIpc) is 2.40. The molecule has 0 amide bonds. The zero-order chi connectivity index (χ0) is 11.9. The van der Waals surface area contributed by atoms with E-state index < -0.39 is 0 Å². The van der Waals surface area contributed by atoms with Gasteiger partial charge in [0.05, 0.1) is 13.2 Å². The van der Waals surface area contributed by atoms with Crippen LogP contribution in [0, 0.1) is 0 Å².